The van der Waals surface area contributed by atoms with E-state index in [2.05, 4.69) is 11.6 Å². The Morgan fingerprint density at radius 2 is 1.70 bits per heavy atom. The van der Waals surface area contributed by atoms with Crippen molar-refractivity contribution in [2.75, 3.05) is 33.3 Å². The summed E-state index contributed by atoms with van der Waals surface area (Å²) in [6.07, 6.45) is -4.68. The number of aliphatic hydroxyl groups is 1. The van der Waals surface area contributed by atoms with Gasteiger partial charge >= 0.3 is 12.2 Å². The van der Waals surface area contributed by atoms with Gasteiger partial charge in [0.2, 0.25) is 0 Å². The van der Waals surface area contributed by atoms with E-state index in [9.17, 15) is 31.9 Å². The molecular formula is C26H26F5N3O3. The highest BCUT2D eigenvalue weighted by atomic mass is 19.4. The fourth-order valence-electron chi connectivity index (χ4n) is 4.65. The maximum atomic E-state index is 14.3. The molecule has 0 bridgehead atoms. The number of carbonyl (C=O) groups excluding carboxylic acids is 1. The number of carbonyl (C=O) groups is 1. The van der Waals surface area contributed by atoms with Crippen LogP contribution in [-0.2, 0) is 10.9 Å². The topological polar surface area (TPSA) is 65.4 Å². The first-order chi connectivity index (χ1) is 17.5. The third kappa shape index (κ3) is 5.93. The Kier molecular flexibility index (Phi) is 7.54. The van der Waals surface area contributed by atoms with Crippen molar-refractivity contribution in [1.82, 2.24) is 9.80 Å². The normalized spacial score (nSPS) is 21.0. The predicted octanol–water partition coefficient (Wildman–Crippen LogP) is 4.90. The largest absolute Gasteiger partial charge is 0.484 e. The van der Waals surface area contributed by atoms with Crippen molar-refractivity contribution in [3.8, 4) is 0 Å². The number of rotatable bonds is 4. The van der Waals surface area contributed by atoms with E-state index in [0.29, 0.717) is 18.1 Å². The summed E-state index contributed by atoms with van der Waals surface area (Å²) in [6, 6.07) is 7.47. The average molecular weight is 524 g/mol. The number of benzene rings is 2. The van der Waals surface area contributed by atoms with Gasteiger partial charge in [-0.05, 0) is 36.2 Å². The summed E-state index contributed by atoms with van der Waals surface area (Å²) in [5.74, 6) is -2.26. The number of halogens is 5. The number of ether oxygens (including phenoxy) is 1. The maximum Gasteiger partial charge on any atom is 0.416 e. The second kappa shape index (κ2) is 10.5. The van der Waals surface area contributed by atoms with Crippen molar-refractivity contribution in [2.24, 2.45) is 10.9 Å². The van der Waals surface area contributed by atoms with Gasteiger partial charge in [-0.2, -0.15) is 13.2 Å². The fourth-order valence-corrected chi connectivity index (χ4v) is 4.65. The summed E-state index contributed by atoms with van der Waals surface area (Å²) in [5, 5.41) is 9.61. The van der Waals surface area contributed by atoms with E-state index >= 15 is 0 Å². The number of urea groups is 1. The fraction of sp³-hybridized carbons (Fsp3) is 0.385. The van der Waals surface area contributed by atoms with Gasteiger partial charge in [0, 0.05) is 30.6 Å². The summed E-state index contributed by atoms with van der Waals surface area (Å²) in [4.78, 5) is 20.4. The molecule has 198 valence electrons. The van der Waals surface area contributed by atoms with E-state index in [1.165, 1.54) is 30.2 Å². The molecule has 2 atom stereocenters. The maximum absolute atomic E-state index is 14.3. The average Bonchev–Trinajstić information content (AvgIpc) is 2.84. The zero-order chi connectivity index (χ0) is 26.9. The molecule has 6 nitrogen and oxygen atoms in total. The van der Waals surface area contributed by atoms with Crippen LogP contribution in [0.15, 0.2) is 54.0 Å². The van der Waals surface area contributed by atoms with Crippen molar-refractivity contribution in [2.45, 2.75) is 24.6 Å². The lowest BCUT2D eigenvalue weighted by Gasteiger charge is -2.44. The first-order valence-corrected chi connectivity index (χ1v) is 11.6. The van der Waals surface area contributed by atoms with Crippen molar-refractivity contribution in [3.63, 3.8) is 0 Å². The smallest absolute Gasteiger partial charge is 0.416 e. The van der Waals surface area contributed by atoms with Crippen LogP contribution in [0.3, 0.4) is 0 Å². The third-order valence-electron chi connectivity index (χ3n) is 6.61. The minimum absolute atomic E-state index is 0.00487. The second-order valence-electron chi connectivity index (χ2n) is 9.22. The molecule has 2 unspecified atom stereocenters. The number of hydrogen-bond donors (Lipinski definition) is 1. The Morgan fingerprint density at radius 1 is 1.05 bits per heavy atom. The summed E-state index contributed by atoms with van der Waals surface area (Å²) in [6.45, 7) is 4.59. The van der Waals surface area contributed by atoms with Gasteiger partial charge in [0.15, 0.2) is 5.90 Å². The number of alkyl halides is 3. The number of aliphatic imine (C=N–C) groups is 1. The quantitative estimate of drug-likeness (QED) is 0.352. The standard InChI is InChI=1S/C26H26F5N3O3/c1-15(22-8-7-20(27)10-23(22)28)32-24(37-2)18-9-17(16-3-5-19(6-4-16)26(29,30)31)11-33(12-18)25(36)34-13-21(35)14-34/h3-8,10,17-18,21,35H,1,9,11-14H2,2H3. The zero-order valence-electron chi connectivity index (χ0n) is 20.0. The van der Waals surface area contributed by atoms with Crippen molar-refractivity contribution >= 4 is 17.6 Å². The molecule has 2 aromatic rings. The molecule has 0 saturated carbocycles. The van der Waals surface area contributed by atoms with E-state index in [1.807, 2.05) is 0 Å². The lowest BCUT2D eigenvalue weighted by atomic mass is 9.84. The van der Waals surface area contributed by atoms with Gasteiger partial charge in [0.25, 0.3) is 0 Å². The zero-order valence-corrected chi connectivity index (χ0v) is 20.0. The SMILES string of the molecule is C=C(N=C(OC)C1CC(c2ccc(C(F)(F)F)cc2)CN(C(=O)N2CC(O)C2)C1)c1ccc(F)cc1F. The second-order valence-corrected chi connectivity index (χ2v) is 9.22. The predicted molar refractivity (Wildman–Crippen MR) is 127 cm³/mol. The van der Waals surface area contributed by atoms with Crippen LogP contribution in [0.1, 0.15) is 29.0 Å². The van der Waals surface area contributed by atoms with Crippen molar-refractivity contribution in [1.29, 1.82) is 0 Å². The van der Waals surface area contributed by atoms with E-state index in [-0.39, 0.29) is 55.3 Å². The molecular weight excluding hydrogens is 497 g/mol. The molecule has 2 aromatic carbocycles. The molecule has 37 heavy (non-hydrogen) atoms. The Balaban J connectivity index is 1.62. The van der Waals surface area contributed by atoms with Gasteiger partial charge < -0.3 is 19.6 Å². The van der Waals surface area contributed by atoms with Gasteiger partial charge in [-0.15, -0.1) is 0 Å². The number of hydrogen-bond acceptors (Lipinski definition) is 4. The van der Waals surface area contributed by atoms with E-state index < -0.39 is 35.4 Å². The Morgan fingerprint density at radius 3 is 2.27 bits per heavy atom. The number of methoxy groups -OCH3 is 1. The third-order valence-corrected chi connectivity index (χ3v) is 6.61. The summed E-state index contributed by atoms with van der Waals surface area (Å²) in [5.41, 5.74) is -0.191. The van der Waals surface area contributed by atoms with E-state index in [1.54, 1.807) is 4.90 Å². The lowest BCUT2D eigenvalue weighted by Crippen LogP contribution is -2.59. The van der Waals surface area contributed by atoms with Gasteiger partial charge in [0.1, 0.15) is 11.6 Å². The monoisotopic (exact) mass is 523 g/mol. The summed E-state index contributed by atoms with van der Waals surface area (Å²) < 4.78 is 72.2. The molecule has 4 rings (SSSR count). The van der Waals surface area contributed by atoms with Gasteiger partial charge in [-0.25, -0.2) is 18.6 Å². The Hall–Kier alpha value is -3.47. The van der Waals surface area contributed by atoms with Crippen LogP contribution in [-0.4, -0.2) is 66.2 Å². The highest BCUT2D eigenvalue weighted by Gasteiger charge is 2.39. The van der Waals surface area contributed by atoms with Crippen LogP contribution in [0, 0.1) is 17.6 Å². The van der Waals surface area contributed by atoms with Crippen LogP contribution in [0.4, 0.5) is 26.7 Å². The van der Waals surface area contributed by atoms with Crippen molar-refractivity contribution in [3.05, 3.63) is 77.4 Å². The number of amides is 2. The summed E-state index contributed by atoms with van der Waals surface area (Å²) in [7, 11) is 1.37. The first kappa shape index (κ1) is 26.6. The molecule has 2 saturated heterocycles. The number of likely N-dealkylation sites (tertiary alicyclic amines) is 2. The number of β-amino-alcohol motifs (C(OH)–C–C–N with tert-alkyl or cyclic N) is 1. The van der Waals surface area contributed by atoms with E-state index in [4.69, 9.17) is 4.74 Å². The Labute approximate surface area is 210 Å². The molecule has 1 N–H and O–H groups in total. The highest BCUT2D eigenvalue weighted by molar-refractivity contribution is 5.86. The number of piperidine rings is 1. The van der Waals surface area contributed by atoms with Gasteiger partial charge in [-0.1, -0.05) is 18.7 Å². The molecule has 2 aliphatic heterocycles. The Bertz CT molecular complexity index is 1190. The molecule has 2 amide bonds. The number of nitrogens with zero attached hydrogens (tertiary/aromatic N) is 3. The van der Waals surface area contributed by atoms with Gasteiger partial charge in [0.05, 0.1) is 43.5 Å². The molecule has 0 aliphatic carbocycles. The highest BCUT2D eigenvalue weighted by Crippen LogP contribution is 2.35. The lowest BCUT2D eigenvalue weighted by molar-refractivity contribution is -0.137. The van der Waals surface area contributed by atoms with Crippen LogP contribution < -0.4 is 0 Å². The first-order valence-electron chi connectivity index (χ1n) is 11.6. The molecule has 0 spiro atoms. The molecule has 11 heteroatoms. The minimum atomic E-state index is -4.47. The van der Waals surface area contributed by atoms with Crippen LogP contribution in [0.25, 0.3) is 5.70 Å². The van der Waals surface area contributed by atoms with Crippen LogP contribution >= 0.6 is 0 Å². The van der Waals surface area contributed by atoms with E-state index in [0.717, 1.165) is 18.2 Å². The molecule has 2 heterocycles. The minimum Gasteiger partial charge on any atom is -0.484 e. The molecule has 0 aromatic heterocycles. The number of aliphatic hydroxyl groups excluding tert-OH is 1. The molecule has 0 radical (unpaired) electrons. The summed E-state index contributed by atoms with van der Waals surface area (Å²) >= 11 is 0. The van der Waals surface area contributed by atoms with Crippen LogP contribution in [0.2, 0.25) is 0 Å². The van der Waals surface area contributed by atoms with Gasteiger partial charge in [-0.3, -0.25) is 0 Å². The van der Waals surface area contributed by atoms with Crippen LogP contribution in [0.5, 0.6) is 0 Å². The molecule has 2 fully saturated rings. The molecule has 2 aliphatic rings. The van der Waals surface area contributed by atoms with Crippen molar-refractivity contribution < 1.29 is 36.6 Å².